The predicted molar refractivity (Wildman–Crippen MR) is 84.9 cm³/mol. The number of hydrogen-bond acceptors (Lipinski definition) is 4. The third kappa shape index (κ3) is 3.97. The number of thiophene rings is 1. The summed E-state index contributed by atoms with van der Waals surface area (Å²) in [6, 6.07) is 11.4. The van der Waals surface area contributed by atoms with Gasteiger partial charge in [-0.1, -0.05) is 0 Å². The van der Waals surface area contributed by atoms with Crippen LogP contribution in [0.25, 0.3) is 11.1 Å². The van der Waals surface area contributed by atoms with E-state index in [4.69, 9.17) is 8.74 Å². The van der Waals surface area contributed by atoms with E-state index in [-0.39, 0.29) is 5.06 Å². The number of hydrogen-bond donors (Lipinski definition) is 1. The predicted octanol–water partition coefficient (Wildman–Crippen LogP) is 3.14. The second-order valence-electron chi connectivity index (χ2n) is 5.44. The van der Waals surface area contributed by atoms with Gasteiger partial charge in [0.25, 0.3) is 0 Å². The van der Waals surface area contributed by atoms with Crippen molar-refractivity contribution in [2.24, 2.45) is 0 Å². The van der Waals surface area contributed by atoms with Crippen molar-refractivity contribution in [1.82, 2.24) is 0 Å². The molecule has 1 heterocycles. The van der Waals surface area contributed by atoms with Crippen LogP contribution in [0.1, 0.15) is 0 Å². The summed E-state index contributed by atoms with van der Waals surface area (Å²) >= 11 is -1.02. The van der Waals surface area contributed by atoms with Gasteiger partial charge in [-0.25, -0.2) is 0 Å². The Labute approximate surface area is 127 Å². The van der Waals surface area contributed by atoms with Crippen LogP contribution in [0, 0.1) is 0 Å². The van der Waals surface area contributed by atoms with Gasteiger partial charge in [0.1, 0.15) is 0 Å². The molecule has 20 heavy (non-hydrogen) atoms. The van der Waals surface area contributed by atoms with Crippen LogP contribution in [0.4, 0.5) is 0 Å². The minimum atomic E-state index is -4.51. The molecule has 4 nitrogen and oxygen atoms in total. The summed E-state index contributed by atoms with van der Waals surface area (Å²) < 4.78 is 36.9. The molecule has 0 bridgehead atoms. The summed E-state index contributed by atoms with van der Waals surface area (Å²) in [6.45, 7) is 0. The normalized spacial score (nSPS) is 12.4. The SMILES string of the molecule is [CH3][Sn]([CH3])([CH3])[c]1cc(-c2ccccc2)c(OS(=O)(=O)O)s1. The van der Waals surface area contributed by atoms with E-state index in [0.29, 0.717) is 0 Å². The van der Waals surface area contributed by atoms with Gasteiger partial charge in [-0.3, -0.25) is 0 Å². The van der Waals surface area contributed by atoms with E-state index in [9.17, 15) is 8.42 Å². The fraction of sp³-hybridized carbons (Fsp3) is 0.231. The summed E-state index contributed by atoms with van der Waals surface area (Å²) in [5.41, 5.74) is 1.60. The molecule has 7 heteroatoms. The van der Waals surface area contributed by atoms with E-state index in [0.717, 1.165) is 11.1 Å². The molecule has 108 valence electrons. The van der Waals surface area contributed by atoms with Gasteiger partial charge in [0, 0.05) is 0 Å². The molecule has 0 unspecified atom stereocenters. The minimum absolute atomic E-state index is 0.236. The second-order valence-corrected chi connectivity index (χ2v) is 22.9. The molecule has 0 aliphatic rings. The molecular formula is C13H16O4S2Sn. The molecule has 0 aliphatic carbocycles. The van der Waals surface area contributed by atoms with Crippen molar-refractivity contribution in [2.75, 3.05) is 0 Å². The zero-order valence-electron chi connectivity index (χ0n) is 11.5. The van der Waals surface area contributed by atoms with Gasteiger partial charge >= 0.3 is 128 Å². The van der Waals surface area contributed by atoms with E-state index < -0.39 is 28.8 Å². The molecule has 1 aromatic heterocycles. The molecule has 0 spiro atoms. The molecule has 0 radical (unpaired) electrons. The molecule has 2 rings (SSSR count). The van der Waals surface area contributed by atoms with Crippen molar-refractivity contribution in [3.05, 3.63) is 36.4 Å². The molecule has 0 saturated carbocycles. The van der Waals surface area contributed by atoms with Crippen molar-refractivity contribution >= 4 is 43.0 Å². The Bertz CT molecular complexity index is 700. The Morgan fingerprint density at radius 2 is 1.75 bits per heavy atom. The first kappa shape index (κ1) is 15.8. The van der Waals surface area contributed by atoms with Crippen molar-refractivity contribution < 1.29 is 17.2 Å². The van der Waals surface area contributed by atoms with E-state index in [1.54, 1.807) is 0 Å². The first-order valence-electron chi connectivity index (χ1n) is 6.03. The molecule has 0 saturated heterocycles. The van der Waals surface area contributed by atoms with E-state index >= 15 is 0 Å². The van der Waals surface area contributed by atoms with Gasteiger partial charge in [-0.15, -0.1) is 0 Å². The molecule has 0 atom stereocenters. The standard InChI is InChI=1S/C10H7O4S2.3CH3.Sn/c11-16(12,13)14-10-9(6-7-15-10)8-4-2-1-3-5-8;;;;/h1-6H,(H,11,12,13);3*1H3;. The Kier molecular flexibility index (Phi) is 4.48. The summed E-state index contributed by atoms with van der Waals surface area (Å²) in [7, 11) is -4.51. The fourth-order valence-electron chi connectivity index (χ4n) is 1.72. The van der Waals surface area contributed by atoms with Crippen LogP contribution in [0.5, 0.6) is 5.06 Å². The van der Waals surface area contributed by atoms with Crippen LogP contribution in [-0.4, -0.2) is 31.3 Å². The van der Waals surface area contributed by atoms with Crippen molar-refractivity contribution in [3.63, 3.8) is 0 Å². The topological polar surface area (TPSA) is 63.6 Å². The van der Waals surface area contributed by atoms with E-state index in [1.165, 1.54) is 14.2 Å². The summed E-state index contributed by atoms with van der Waals surface area (Å²) in [4.78, 5) is 6.73. The van der Waals surface area contributed by atoms with Crippen LogP contribution in [0.3, 0.4) is 0 Å². The van der Waals surface area contributed by atoms with Gasteiger partial charge in [-0.2, -0.15) is 0 Å². The van der Waals surface area contributed by atoms with E-state index in [1.807, 2.05) is 36.4 Å². The van der Waals surface area contributed by atoms with Crippen molar-refractivity contribution in [2.45, 2.75) is 14.8 Å². The number of rotatable bonds is 4. The van der Waals surface area contributed by atoms with Crippen molar-refractivity contribution in [1.29, 1.82) is 0 Å². The molecule has 1 N–H and O–H groups in total. The zero-order valence-corrected chi connectivity index (χ0v) is 15.9. The molecule has 2 aromatic rings. The summed E-state index contributed by atoms with van der Waals surface area (Å²) in [5, 5.41) is 0.236. The molecule has 0 amide bonds. The third-order valence-corrected chi connectivity index (χ3v) is 13.6. The molecule has 0 aliphatic heterocycles. The number of benzene rings is 1. The third-order valence-electron chi connectivity index (χ3n) is 2.70. The monoisotopic (exact) mass is 420 g/mol. The van der Waals surface area contributed by atoms with Crippen molar-refractivity contribution in [3.8, 4) is 16.2 Å². The van der Waals surface area contributed by atoms with Crippen LogP contribution in [0.2, 0.25) is 14.8 Å². The van der Waals surface area contributed by atoms with Crippen LogP contribution in [0.15, 0.2) is 36.4 Å². The Morgan fingerprint density at radius 3 is 2.25 bits per heavy atom. The van der Waals surface area contributed by atoms with Crippen LogP contribution in [-0.2, 0) is 10.4 Å². The summed E-state index contributed by atoms with van der Waals surface area (Å²) in [6.07, 6.45) is 0. The Morgan fingerprint density at radius 1 is 1.15 bits per heavy atom. The van der Waals surface area contributed by atoms with Gasteiger partial charge < -0.3 is 0 Å². The van der Waals surface area contributed by atoms with Crippen LogP contribution >= 0.6 is 11.3 Å². The quantitative estimate of drug-likeness (QED) is 0.611. The van der Waals surface area contributed by atoms with Gasteiger partial charge in [0.05, 0.1) is 0 Å². The maximum atomic E-state index is 11.0. The average Bonchev–Trinajstić information content (AvgIpc) is 2.71. The Hall–Kier alpha value is -0.571. The molecule has 0 fully saturated rings. The molecule has 1 aromatic carbocycles. The fourth-order valence-corrected chi connectivity index (χ4v) is 8.43. The van der Waals surface area contributed by atoms with E-state index in [2.05, 4.69) is 14.8 Å². The maximum absolute atomic E-state index is 11.0. The first-order chi connectivity index (χ1) is 9.17. The van der Waals surface area contributed by atoms with Gasteiger partial charge in [-0.05, 0) is 0 Å². The second kappa shape index (κ2) is 5.67. The Balaban J connectivity index is 2.57. The average molecular weight is 419 g/mol. The first-order valence-corrected chi connectivity index (χ1v) is 18.2. The summed E-state index contributed by atoms with van der Waals surface area (Å²) in [5.74, 6) is 0. The van der Waals surface area contributed by atoms with Crippen LogP contribution < -0.4 is 7.08 Å². The molecular weight excluding hydrogens is 403 g/mol. The van der Waals surface area contributed by atoms with Gasteiger partial charge in [0.2, 0.25) is 0 Å². The van der Waals surface area contributed by atoms with Gasteiger partial charge in [0.15, 0.2) is 0 Å². The zero-order chi connectivity index (χ0) is 15.0.